The third kappa shape index (κ3) is 5.04. The molecule has 1 aromatic rings. The second-order valence-corrected chi connectivity index (χ2v) is 8.88. The first-order valence-corrected chi connectivity index (χ1v) is 9.88. The van der Waals surface area contributed by atoms with E-state index in [1.165, 1.54) is 0 Å². The monoisotopic (exact) mass is 338 g/mol. The number of hydrogen-bond donors (Lipinski definition) is 1. The van der Waals surface area contributed by atoms with Gasteiger partial charge in [0.25, 0.3) is 0 Å². The smallest absolute Gasteiger partial charge is 0.234 e. The first kappa shape index (κ1) is 17.9. The van der Waals surface area contributed by atoms with Crippen molar-refractivity contribution in [2.45, 2.75) is 26.8 Å². The number of hydrogen-bond acceptors (Lipinski definition) is 4. The van der Waals surface area contributed by atoms with E-state index in [9.17, 15) is 13.2 Å². The van der Waals surface area contributed by atoms with Crippen molar-refractivity contribution in [2.75, 3.05) is 31.1 Å². The summed E-state index contributed by atoms with van der Waals surface area (Å²) in [6.45, 7) is 7.35. The minimum absolute atomic E-state index is 0.0303. The average molecular weight is 338 g/mol. The number of amides is 1. The van der Waals surface area contributed by atoms with E-state index in [2.05, 4.69) is 19.2 Å². The second-order valence-electron chi connectivity index (χ2n) is 6.57. The van der Waals surface area contributed by atoms with Gasteiger partial charge in [0, 0.05) is 13.1 Å². The fourth-order valence-corrected chi connectivity index (χ4v) is 4.15. The van der Waals surface area contributed by atoms with Crippen LogP contribution in [-0.4, -0.2) is 50.4 Å². The molecule has 1 aliphatic heterocycles. The van der Waals surface area contributed by atoms with E-state index in [0.717, 1.165) is 11.1 Å². The highest BCUT2D eigenvalue weighted by Gasteiger charge is 2.25. The molecule has 0 radical (unpaired) electrons. The molecule has 1 amide bonds. The van der Waals surface area contributed by atoms with Crippen molar-refractivity contribution in [3.63, 3.8) is 0 Å². The zero-order valence-corrected chi connectivity index (χ0v) is 14.9. The van der Waals surface area contributed by atoms with Crippen LogP contribution < -0.4 is 5.32 Å². The largest absolute Gasteiger partial charge is 0.348 e. The Balaban J connectivity index is 1.98. The predicted molar refractivity (Wildman–Crippen MR) is 92.0 cm³/mol. The molecule has 1 saturated heterocycles. The quantitative estimate of drug-likeness (QED) is 0.884. The lowest BCUT2D eigenvalue weighted by Crippen LogP contribution is -2.46. The molecule has 0 saturated carbocycles. The Morgan fingerprint density at radius 1 is 1.22 bits per heavy atom. The molecule has 2 rings (SSSR count). The molecule has 6 heteroatoms. The molecule has 0 aliphatic carbocycles. The van der Waals surface area contributed by atoms with Crippen LogP contribution in [0, 0.1) is 12.8 Å². The first-order chi connectivity index (χ1) is 10.8. The van der Waals surface area contributed by atoms with Crippen LogP contribution in [0.2, 0.25) is 0 Å². The maximum absolute atomic E-state index is 12.4. The van der Waals surface area contributed by atoms with Crippen molar-refractivity contribution < 1.29 is 13.2 Å². The lowest BCUT2D eigenvalue weighted by Gasteiger charge is -2.28. The molecule has 1 atom stereocenters. The second kappa shape index (κ2) is 7.45. The fraction of sp³-hybridized carbons (Fsp3) is 0.588. The molecule has 1 aliphatic rings. The van der Waals surface area contributed by atoms with Crippen molar-refractivity contribution >= 4 is 15.7 Å². The van der Waals surface area contributed by atoms with Crippen molar-refractivity contribution in [3.05, 3.63) is 35.4 Å². The van der Waals surface area contributed by atoms with E-state index < -0.39 is 9.84 Å². The molecule has 1 heterocycles. The van der Waals surface area contributed by atoms with Gasteiger partial charge in [0.05, 0.1) is 24.1 Å². The van der Waals surface area contributed by atoms with E-state index in [1.54, 1.807) is 0 Å². The molecule has 1 N–H and O–H groups in total. The van der Waals surface area contributed by atoms with Crippen molar-refractivity contribution in [1.29, 1.82) is 0 Å². The van der Waals surface area contributed by atoms with Gasteiger partial charge in [0.1, 0.15) is 0 Å². The topological polar surface area (TPSA) is 66.5 Å². The van der Waals surface area contributed by atoms with Gasteiger partial charge in [-0.05, 0) is 24.0 Å². The van der Waals surface area contributed by atoms with Crippen molar-refractivity contribution in [3.8, 4) is 0 Å². The van der Waals surface area contributed by atoms with Gasteiger partial charge >= 0.3 is 0 Å². The standard InChI is InChI=1S/C17H26N2O3S/c1-13(2)17(15-7-5-4-6-14(15)3)18-16(20)12-19-8-10-23(21,22)11-9-19/h4-7,13,17H,8-12H2,1-3H3,(H,18,20)/t17-/m0/s1. The molecule has 0 spiro atoms. The van der Waals surface area contributed by atoms with Gasteiger partial charge in [-0.2, -0.15) is 0 Å². The van der Waals surface area contributed by atoms with Crippen LogP contribution >= 0.6 is 0 Å². The van der Waals surface area contributed by atoms with Crippen LogP contribution in [0.3, 0.4) is 0 Å². The average Bonchev–Trinajstić information content (AvgIpc) is 2.48. The van der Waals surface area contributed by atoms with Crippen LogP contribution in [0.25, 0.3) is 0 Å². The van der Waals surface area contributed by atoms with Crippen LogP contribution in [0.5, 0.6) is 0 Å². The molecule has 23 heavy (non-hydrogen) atoms. The Labute approximate surface area is 139 Å². The van der Waals surface area contributed by atoms with E-state index in [1.807, 2.05) is 36.1 Å². The summed E-state index contributed by atoms with van der Waals surface area (Å²) in [6.07, 6.45) is 0. The maximum Gasteiger partial charge on any atom is 0.234 e. The number of rotatable bonds is 5. The summed E-state index contributed by atoms with van der Waals surface area (Å²) in [4.78, 5) is 14.3. The Bertz CT molecular complexity index is 642. The van der Waals surface area contributed by atoms with Gasteiger partial charge in [0.2, 0.25) is 5.91 Å². The molecule has 0 unspecified atom stereocenters. The van der Waals surface area contributed by atoms with Crippen LogP contribution in [0.15, 0.2) is 24.3 Å². The number of sulfone groups is 1. The number of aryl methyl sites for hydroxylation is 1. The van der Waals surface area contributed by atoms with Gasteiger partial charge in [-0.1, -0.05) is 38.1 Å². The molecule has 1 fully saturated rings. The van der Waals surface area contributed by atoms with Crippen molar-refractivity contribution in [2.24, 2.45) is 5.92 Å². The molecule has 5 nitrogen and oxygen atoms in total. The predicted octanol–water partition coefficient (Wildman–Crippen LogP) is 1.54. The van der Waals surface area contributed by atoms with E-state index in [0.29, 0.717) is 13.1 Å². The van der Waals surface area contributed by atoms with Gasteiger partial charge in [0.15, 0.2) is 9.84 Å². The Morgan fingerprint density at radius 3 is 2.39 bits per heavy atom. The molecular formula is C17H26N2O3S. The van der Waals surface area contributed by atoms with Gasteiger partial charge in [-0.3, -0.25) is 9.69 Å². The van der Waals surface area contributed by atoms with E-state index in [4.69, 9.17) is 0 Å². The molecule has 128 valence electrons. The highest BCUT2D eigenvalue weighted by molar-refractivity contribution is 7.91. The normalized spacial score (nSPS) is 19.5. The zero-order valence-electron chi connectivity index (χ0n) is 14.1. The minimum atomic E-state index is -2.91. The molecule has 0 aromatic heterocycles. The fourth-order valence-electron chi connectivity index (χ4n) is 2.87. The highest BCUT2D eigenvalue weighted by atomic mass is 32.2. The Kier molecular flexibility index (Phi) is 5.81. The summed E-state index contributed by atoms with van der Waals surface area (Å²) in [7, 11) is -2.91. The number of benzene rings is 1. The maximum atomic E-state index is 12.4. The van der Waals surface area contributed by atoms with Crippen LogP contribution in [0.1, 0.15) is 31.0 Å². The summed E-state index contributed by atoms with van der Waals surface area (Å²) in [5, 5.41) is 3.11. The number of nitrogens with one attached hydrogen (secondary N) is 1. The Hall–Kier alpha value is -1.40. The third-order valence-electron chi connectivity index (χ3n) is 4.31. The van der Waals surface area contributed by atoms with Crippen LogP contribution in [0.4, 0.5) is 0 Å². The van der Waals surface area contributed by atoms with E-state index >= 15 is 0 Å². The first-order valence-electron chi connectivity index (χ1n) is 8.06. The Morgan fingerprint density at radius 2 is 1.83 bits per heavy atom. The number of nitrogens with zero attached hydrogens (tertiary/aromatic N) is 1. The summed E-state index contributed by atoms with van der Waals surface area (Å²) < 4.78 is 22.9. The highest BCUT2D eigenvalue weighted by Crippen LogP contribution is 2.24. The molecule has 0 bridgehead atoms. The molecule has 1 aromatic carbocycles. The summed E-state index contributed by atoms with van der Waals surface area (Å²) in [6, 6.07) is 8.04. The summed E-state index contributed by atoms with van der Waals surface area (Å²) in [5.41, 5.74) is 2.30. The van der Waals surface area contributed by atoms with Crippen molar-refractivity contribution in [1.82, 2.24) is 10.2 Å². The summed E-state index contributed by atoms with van der Waals surface area (Å²) in [5.74, 6) is 0.519. The number of carbonyl (C=O) groups is 1. The van der Waals surface area contributed by atoms with Crippen LogP contribution in [-0.2, 0) is 14.6 Å². The summed E-state index contributed by atoms with van der Waals surface area (Å²) >= 11 is 0. The molecular weight excluding hydrogens is 312 g/mol. The third-order valence-corrected chi connectivity index (χ3v) is 5.92. The van der Waals surface area contributed by atoms with Gasteiger partial charge in [-0.25, -0.2) is 8.42 Å². The van der Waals surface area contributed by atoms with E-state index in [-0.39, 0.29) is 35.9 Å². The minimum Gasteiger partial charge on any atom is -0.348 e. The lowest BCUT2D eigenvalue weighted by atomic mass is 9.92. The number of carbonyl (C=O) groups excluding carboxylic acids is 1. The van der Waals surface area contributed by atoms with Gasteiger partial charge < -0.3 is 5.32 Å². The zero-order chi connectivity index (χ0) is 17.0. The SMILES string of the molecule is Cc1ccccc1[C@@H](NC(=O)CN1CCS(=O)(=O)CC1)C(C)C. The van der Waals surface area contributed by atoms with Gasteiger partial charge in [-0.15, -0.1) is 0 Å². The lowest BCUT2D eigenvalue weighted by molar-refractivity contribution is -0.123.